The van der Waals surface area contributed by atoms with E-state index in [1.54, 1.807) is 36.0 Å². The van der Waals surface area contributed by atoms with Gasteiger partial charge in [-0.2, -0.15) is 0 Å². The molecule has 0 aromatic carbocycles. The molecule has 2 heterocycles. The molecule has 1 aliphatic heterocycles. The Morgan fingerprint density at radius 2 is 2.09 bits per heavy atom. The van der Waals surface area contributed by atoms with E-state index in [2.05, 4.69) is 16.8 Å². The Hall–Kier alpha value is -2.63. The number of likely N-dealkylation sites (N-methyl/N-ethyl adjacent to an activating group) is 1. The molecule has 2 N–H and O–H groups in total. The Bertz CT molecular complexity index is 1010. The molecule has 1 aromatic heterocycles. The number of amides is 2. The first-order chi connectivity index (χ1) is 16.7. The lowest BCUT2D eigenvalue weighted by Crippen LogP contribution is -2.50. The fraction of sp³-hybridized carbons (Fsp3) is 0.667. The van der Waals surface area contributed by atoms with Crippen LogP contribution in [0.15, 0.2) is 12.3 Å². The maximum Gasteiger partial charge on any atom is 0.259 e. The third-order valence-corrected chi connectivity index (χ3v) is 7.43. The molecule has 0 saturated heterocycles. The van der Waals surface area contributed by atoms with Gasteiger partial charge in [0.1, 0.15) is 17.3 Å². The average Bonchev–Trinajstić information content (AvgIpc) is 3.56. The van der Waals surface area contributed by atoms with Crippen molar-refractivity contribution in [3.05, 3.63) is 23.4 Å². The van der Waals surface area contributed by atoms with Gasteiger partial charge < -0.3 is 24.7 Å². The smallest absolute Gasteiger partial charge is 0.259 e. The van der Waals surface area contributed by atoms with Crippen LogP contribution in [0.3, 0.4) is 0 Å². The zero-order chi connectivity index (χ0) is 25.2. The molecule has 8 heteroatoms. The highest BCUT2D eigenvalue weighted by molar-refractivity contribution is 5.97. The maximum absolute atomic E-state index is 13.5. The van der Waals surface area contributed by atoms with Crippen LogP contribution in [-0.4, -0.2) is 81.3 Å². The van der Waals surface area contributed by atoms with Crippen LogP contribution in [0.25, 0.3) is 0 Å². The Morgan fingerprint density at radius 3 is 2.74 bits per heavy atom. The largest absolute Gasteiger partial charge is 0.472 e. The van der Waals surface area contributed by atoms with E-state index >= 15 is 0 Å². The van der Waals surface area contributed by atoms with Gasteiger partial charge in [0.25, 0.3) is 5.91 Å². The van der Waals surface area contributed by atoms with E-state index < -0.39 is 5.60 Å². The number of ether oxygens (including phenoxy) is 1. The number of rotatable bonds is 6. The van der Waals surface area contributed by atoms with Gasteiger partial charge in [-0.15, -0.1) is 0 Å². The van der Waals surface area contributed by atoms with Gasteiger partial charge in [-0.3, -0.25) is 9.59 Å². The van der Waals surface area contributed by atoms with Gasteiger partial charge in [-0.25, -0.2) is 4.98 Å². The molecule has 0 radical (unpaired) electrons. The molecule has 8 nitrogen and oxygen atoms in total. The molecule has 0 bridgehead atoms. The van der Waals surface area contributed by atoms with Crippen LogP contribution in [0.4, 0.5) is 0 Å². The van der Waals surface area contributed by atoms with Crippen molar-refractivity contribution in [2.45, 2.75) is 76.5 Å². The van der Waals surface area contributed by atoms with Crippen molar-refractivity contribution in [2.75, 3.05) is 26.7 Å². The summed E-state index contributed by atoms with van der Waals surface area (Å²) in [7, 11) is 1.79. The molecule has 3 aliphatic rings. The Balaban J connectivity index is 1.61. The van der Waals surface area contributed by atoms with Gasteiger partial charge in [-0.1, -0.05) is 18.8 Å². The summed E-state index contributed by atoms with van der Waals surface area (Å²) in [5.74, 6) is 6.40. The van der Waals surface area contributed by atoms with Crippen LogP contribution in [-0.2, 0) is 4.79 Å². The van der Waals surface area contributed by atoms with Crippen LogP contribution in [0.2, 0.25) is 0 Å². The highest BCUT2D eigenvalue weighted by Crippen LogP contribution is 2.33. The zero-order valence-electron chi connectivity index (χ0n) is 21.0. The van der Waals surface area contributed by atoms with E-state index in [1.807, 2.05) is 6.92 Å². The Morgan fingerprint density at radius 1 is 1.37 bits per heavy atom. The van der Waals surface area contributed by atoms with Crippen LogP contribution < -0.4 is 4.74 Å². The van der Waals surface area contributed by atoms with Gasteiger partial charge in [0, 0.05) is 37.7 Å². The normalized spacial score (nSPS) is 24.4. The average molecular weight is 484 g/mol. The van der Waals surface area contributed by atoms with Crippen molar-refractivity contribution in [1.29, 1.82) is 0 Å². The van der Waals surface area contributed by atoms with Crippen LogP contribution >= 0.6 is 0 Å². The number of fused-ring (bicyclic) bond motifs is 1. The highest BCUT2D eigenvalue weighted by atomic mass is 16.5. The lowest BCUT2D eigenvalue weighted by atomic mass is 9.99. The molecule has 4 rings (SSSR count). The summed E-state index contributed by atoms with van der Waals surface area (Å²) in [5, 5.41) is 20.4. The molecule has 2 fully saturated rings. The fourth-order valence-electron chi connectivity index (χ4n) is 4.76. The minimum atomic E-state index is -0.986. The van der Waals surface area contributed by atoms with Crippen LogP contribution in [0, 0.1) is 23.7 Å². The number of hydrogen-bond acceptors (Lipinski definition) is 6. The Labute approximate surface area is 207 Å². The van der Waals surface area contributed by atoms with Crippen molar-refractivity contribution in [3.63, 3.8) is 0 Å². The van der Waals surface area contributed by atoms with Crippen molar-refractivity contribution in [1.82, 2.24) is 14.8 Å². The molecule has 0 spiro atoms. The number of aliphatic hydroxyl groups is 2. The molecule has 2 amide bonds. The number of aromatic nitrogens is 1. The molecule has 190 valence electrons. The summed E-state index contributed by atoms with van der Waals surface area (Å²) in [4.78, 5) is 33.9. The molecule has 35 heavy (non-hydrogen) atoms. The number of pyridine rings is 1. The third-order valence-electron chi connectivity index (χ3n) is 7.43. The van der Waals surface area contributed by atoms with Crippen molar-refractivity contribution in [3.8, 4) is 17.7 Å². The first kappa shape index (κ1) is 25.5. The highest BCUT2D eigenvalue weighted by Gasteiger charge is 2.35. The molecular formula is C27H37N3O5. The maximum atomic E-state index is 13.5. The number of hydrogen-bond donors (Lipinski definition) is 2. The second kappa shape index (κ2) is 10.5. The van der Waals surface area contributed by atoms with Crippen molar-refractivity contribution >= 4 is 11.8 Å². The Kier molecular flexibility index (Phi) is 7.67. The number of carbonyl (C=O) groups excluding carboxylic acids is 2. The zero-order valence-corrected chi connectivity index (χ0v) is 21.0. The van der Waals surface area contributed by atoms with Crippen LogP contribution in [0.5, 0.6) is 5.88 Å². The molecule has 3 atom stereocenters. The number of aliphatic hydroxyl groups excluding tert-OH is 1. The van der Waals surface area contributed by atoms with E-state index in [0.717, 1.165) is 25.7 Å². The summed E-state index contributed by atoms with van der Waals surface area (Å²) in [5.41, 5.74) is -0.181. The van der Waals surface area contributed by atoms with E-state index in [-0.39, 0.29) is 47.9 Å². The minimum Gasteiger partial charge on any atom is -0.472 e. The second-order valence-corrected chi connectivity index (χ2v) is 10.6. The first-order valence-corrected chi connectivity index (χ1v) is 12.8. The predicted molar refractivity (Wildman–Crippen MR) is 131 cm³/mol. The lowest BCUT2D eigenvalue weighted by Gasteiger charge is -2.37. The van der Waals surface area contributed by atoms with E-state index in [0.29, 0.717) is 43.8 Å². The first-order valence-electron chi connectivity index (χ1n) is 12.8. The number of carbonyl (C=O) groups is 2. The topological polar surface area (TPSA) is 103 Å². The minimum absolute atomic E-state index is 0.0878. The van der Waals surface area contributed by atoms with Gasteiger partial charge in [0.2, 0.25) is 11.8 Å². The molecule has 2 aliphatic carbocycles. The van der Waals surface area contributed by atoms with E-state index in [4.69, 9.17) is 4.74 Å². The second-order valence-electron chi connectivity index (χ2n) is 10.6. The predicted octanol–water partition coefficient (Wildman–Crippen LogP) is 2.22. The molecule has 1 aromatic rings. The summed E-state index contributed by atoms with van der Waals surface area (Å²) in [6, 6.07) is 1.27. The van der Waals surface area contributed by atoms with E-state index in [1.165, 1.54) is 0 Å². The van der Waals surface area contributed by atoms with Gasteiger partial charge >= 0.3 is 0 Å². The molecule has 2 saturated carbocycles. The van der Waals surface area contributed by atoms with Crippen LogP contribution in [0.1, 0.15) is 74.7 Å². The van der Waals surface area contributed by atoms with Gasteiger partial charge in [-0.05, 0) is 57.4 Å². The third kappa shape index (κ3) is 6.14. The van der Waals surface area contributed by atoms with Gasteiger partial charge in [0.05, 0.1) is 19.2 Å². The standard InChI is InChI=1S/C27H37N3O5/c1-18-15-30(19(2)17-31)26(33)22-12-21(8-11-27(34)9-4-5-10-27)14-28-25(22)35-23(18)16-29(3)24(32)13-20-6-7-20/h12,14,18-20,23,31,34H,4-7,9-10,13,15-17H2,1-3H3/t18-,19+,23+/m1/s1. The number of nitrogens with zero attached hydrogens (tertiary/aromatic N) is 3. The monoisotopic (exact) mass is 483 g/mol. The van der Waals surface area contributed by atoms with E-state index in [9.17, 15) is 19.8 Å². The molecular weight excluding hydrogens is 446 g/mol. The summed E-state index contributed by atoms with van der Waals surface area (Å²) in [6.07, 6.45) is 7.18. The van der Waals surface area contributed by atoms with Gasteiger partial charge in [0.15, 0.2) is 0 Å². The fourth-order valence-corrected chi connectivity index (χ4v) is 4.76. The lowest BCUT2D eigenvalue weighted by molar-refractivity contribution is -0.131. The molecule has 0 unspecified atom stereocenters. The summed E-state index contributed by atoms with van der Waals surface area (Å²) >= 11 is 0. The summed E-state index contributed by atoms with van der Waals surface area (Å²) in [6.45, 7) is 4.39. The van der Waals surface area contributed by atoms with Crippen molar-refractivity contribution in [2.24, 2.45) is 11.8 Å². The summed E-state index contributed by atoms with van der Waals surface area (Å²) < 4.78 is 6.26. The van der Waals surface area contributed by atoms with Crippen molar-refractivity contribution < 1.29 is 24.5 Å². The quantitative estimate of drug-likeness (QED) is 0.602. The SMILES string of the molecule is C[C@@H]1CN([C@@H](C)CO)C(=O)c2cc(C#CC3(O)CCCC3)cnc2O[C@H]1CN(C)C(=O)CC1CC1.